The van der Waals surface area contributed by atoms with Gasteiger partial charge in [-0.3, -0.25) is 4.79 Å². The number of amides is 1. The van der Waals surface area contributed by atoms with E-state index in [0.29, 0.717) is 24.6 Å². The maximum absolute atomic E-state index is 12.6. The molecule has 1 fully saturated rings. The van der Waals surface area contributed by atoms with Crippen molar-refractivity contribution in [3.05, 3.63) is 45.7 Å². The molecule has 2 aromatic heterocycles. The number of thiophene rings is 1. The molecule has 0 spiro atoms. The van der Waals surface area contributed by atoms with Gasteiger partial charge in [-0.2, -0.15) is 0 Å². The van der Waals surface area contributed by atoms with Crippen LogP contribution >= 0.6 is 11.3 Å². The summed E-state index contributed by atoms with van der Waals surface area (Å²) in [6.45, 7) is 3.19. The third-order valence-corrected chi connectivity index (χ3v) is 5.58. The Morgan fingerprint density at radius 3 is 3.22 bits per heavy atom. The van der Waals surface area contributed by atoms with Crippen LogP contribution in [0.2, 0.25) is 0 Å². The number of hydrogen-bond donors (Lipinski definition) is 1. The first-order valence-electron chi connectivity index (χ1n) is 7.96. The van der Waals surface area contributed by atoms with Gasteiger partial charge in [-0.25, -0.2) is 9.97 Å². The second kappa shape index (κ2) is 5.69. The number of nitrogens with one attached hydrogen (secondary N) is 1. The van der Waals surface area contributed by atoms with Gasteiger partial charge < -0.3 is 10.1 Å². The normalized spacial score (nSPS) is 23.3. The fraction of sp³-hybridized carbons (Fsp3) is 0.471. The van der Waals surface area contributed by atoms with E-state index in [1.807, 2.05) is 6.92 Å². The Kier molecular flexibility index (Phi) is 3.66. The molecular weight excluding hydrogens is 310 g/mol. The highest BCUT2D eigenvalue weighted by Crippen LogP contribution is 2.40. The maximum atomic E-state index is 12.6. The first-order valence-corrected chi connectivity index (χ1v) is 8.84. The third kappa shape index (κ3) is 2.77. The number of rotatable bonds is 4. The summed E-state index contributed by atoms with van der Waals surface area (Å²) in [6.07, 6.45) is 6.31. The fourth-order valence-electron chi connectivity index (χ4n) is 3.14. The number of carbonyl (C=O) groups is 1. The Morgan fingerprint density at radius 2 is 2.39 bits per heavy atom. The van der Waals surface area contributed by atoms with Crippen molar-refractivity contribution in [2.75, 3.05) is 13.2 Å². The van der Waals surface area contributed by atoms with Gasteiger partial charge in [0.05, 0.1) is 24.4 Å². The van der Waals surface area contributed by atoms with Gasteiger partial charge >= 0.3 is 0 Å². The molecule has 1 atom stereocenters. The monoisotopic (exact) mass is 329 g/mol. The van der Waals surface area contributed by atoms with Crippen LogP contribution in [-0.4, -0.2) is 29.0 Å². The van der Waals surface area contributed by atoms with Gasteiger partial charge in [-0.1, -0.05) is 0 Å². The second-order valence-corrected chi connectivity index (χ2v) is 7.37. The van der Waals surface area contributed by atoms with Crippen LogP contribution in [0.25, 0.3) is 0 Å². The summed E-state index contributed by atoms with van der Waals surface area (Å²) in [5, 5.41) is 5.12. The Balaban J connectivity index is 1.51. The lowest BCUT2D eigenvalue weighted by atomic mass is 9.93. The topological polar surface area (TPSA) is 64.1 Å². The minimum absolute atomic E-state index is 0.111. The van der Waals surface area contributed by atoms with Gasteiger partial charge in [0.2, 0.25) is 0 Å². The number of hydrogen-bond acceptors (Lipinski definition) is 5. The zero-order valence-corrected chi connectivity index (χ0v) is 13.9. The number of aromatic nitrogens is 2. The molecule has 0 bridgehead atoms. The zero-order valence-electron chi connectivity index (χ0n) is 13.0. The quantitative estimate of drug-likeness (QED) is 0.936. The first kappa shape index (κ1) is 14.8. The second-order valence-electron chi connectivity index (χ2n) is 6.37. The van der Waals surface area contributed by atoms with Crippen LogP contribution in [0, 0.1) is 0 Å². The first-order chi connectivity index (χ1) is 11.2. The maximum Gasteiger partial charge on any atom is 0.254 e. The number of carbonyl (C=O) groups excluding carboxylic acids is 1. The van der Waals surface area contributed by atoms with Crippen LogP contribution in [0.5, 0.6) is 0 Å². The van der Waals surface area contributed by atoms with E-state index in [1.165, 1.54) is 16.8 Å². The molecule has 2 aliphatic rings. The molecule has 0 radical (unpaired) electrons. The molecular formula is C17H19N3O2S. The van der Waals surface area contributed by atoms with E-state index in [1.54, 1.807) is 17.5 Å². The van der Waals surface area contributed by atoms with E-state index in [2.05, 4.69) is 26.7 Å². The lowest BCUT2D eigenvalue weighted by molar-refractivity contribution is -0.0426. The zero-order chi connectivity index (χ0) is 15.9. The van der Waals surface area contributed by atoms with Gasteiger partial charge in [0.15, 0.2) is 0 Å². The summed E-state index contributed by atoms with van der Waals surface area (Å²) in [4.78, 5) is 22.3. The number of ether oxygens (including phenoxy) is 1. The van der Waals surface area contributed by atoms with E-state index in [4.69, 9.17) is 4.74 Å². The van der Waals surface area contributed by atoms with E-state index in [0.717, 1.165) is 25.0 Å². The Labute approximate surface area is 139 Å². The predicted molar refractivity (Wildman–Crippen MR) is 87.7 cm³/mol. The highest BCUT2D eigenvalue weighted by atomic mass is 32.1. The van der Waals surface area contributed by atoms with E-state index in [-0.39, 0.29) is 5.91 Å². The molecule has 120 valence electrons. The van der Waals surface area contributed by atoms with Gasteiger partial charge in [0.25, 0.3) is 5.91 Å². The van der Waals surface area contributed by atoms with Crippen LogP contribution in [0.4, 0.5) is 0 Å². The lowest BCUT2D eigenvalue weighted by Crippen LogP contribution is -2.43. The van der Waals surface area contributed by atoms with Gasteiger partial charge in [0, 0.05) is 23.4 Å². The smallest absolute Gasteiger partial charge is 0.254 e. The largest absolute Gasteiger partial charge is 0.368 e. The molecule has 5 nitrogen and oxygen atoms in total. The van der Waals surface area contributed by atoms with E-state index in [9.17, 15) is 4.79 Å². The highest BCUT2D eigenvalue weighted by molar-refractivity contribution is 7.10. The lowest BCUT2D eigenvalue weighted by Gasteiger charge is -2.34. The summed E-state index contributed by atoms with van der Waals surface area (Å²) in [6, 6.07) is 2.10. The summed E-state index contributed by atoms with van der Waals surface area (Å²) >= 11 is 1.76. The van der Waals surface area contributed by atoms with Crippen molar-refractivity contribution in [1.82, 2.24) is 15.3 Å². The van der Waals surface area contributed by atoms with Crippen LogP contribution in [0.1, 0.15) is 52.2 Å². The summed E-state index contributed by atoms with van der Waals surface area (Å²) < 4.78 is 5.99. The van der Waals surface area contributed by atoms with Crippen molar-refractivity contribution in [1.29, 1.82) is 0 Å². The molecule has 2 aromatic rings. The van der Waals surface area contributed by atoms with Crippen molar-refractivity contribution >= 4 is 17.2 Å². The Bertz CT molecular complexity index is 741. The Morgan fingerprint density at radius 1 is 1.52 bits per heavy atom. The fourth-order valence-corrected chi connectivity index (χ4v) is 4.12. The van der Waals surface area contributed by atoms with Crippen LogP contribution in [0.3, 0.4) is 0 Å². The predicted octanol–water partition coefficient (Wildman–Crippen LogP) is 2.63. The highest BCUT2D eigenvalue weighted by Gasteiger charge is 2.35. The minimum Gasteiger partial charge on any atom is -0.368 e. The molecule has 1 aliphatic carbocycles. The summed E-state index contributed by atoms with van der Waals surface area (Å²) in [5.74, 6) is 0.309. The standard InChI is InChI=1S/C17H19N3O2S/c1-17(13-5-7-23-14(13)4-6-22-17)9-19-16(21)12-8-18-10-20-15(12)11-2-3-11/h5,7-8,10-11H,2-4,6,9H2,1H3,(H,19,21). The summed E-state index contributed by atoms with van der Waals surface area (Å²) in [5.41, 5.74) is 2.21. The minimum atomic E-state index is -0.460. The van der Waals surface area contributed by atoms with Crippen LogP contribution < -0.4 is 5.32 Å². The molecule has 0 saturated heterocycles. The van der Waals surface area contributed by atoms with Crippen molar-refractivity contribution in [2.45, 2.75) is 37.7 Å². The van der Waals surface area contributed by atoms with Crippen molar-refractivity contribution in [3.8, 4) is 0 Å². The number of nitrogens with zero attached hydrogens (tertiary/aromatic N) is 2. The van der Waals surface area contributed by atoms with Gasteiger partial charge in [-0.15, -0.1) is 11.3 Å². The molecule has 1 aliphatic heterocycles. The molecule has 1 saturated carbocycles. The molecule has 1 N–H and O–H groups in total. The molecule has 1 unspecified atom stereocenters. The summed E-state index contributed by atoms with van der Waals surface area (Å²) in [7, 11) is 0. The SMILES string of the molecule is CC1(CNC(=O)c2cncnc2C2CC2)OCCc2sccc21. The molecule has 3 heterocycles. The molecule has 1 amide bonds. The number of fused-ring (bicyclic) bond motifs is 1. The Hall–Kier alpha value is -1.79. The van der Waals surface area contributed by atoms with Gasteiger partial charge in [-0.05, 0) is 36.8 Å². The van der Waals surface area contributed by atoms with Gasteiger partial charge in [0.1, 0.15) is 11.9 Å². The molecule has 6 heteroatoms. The van der Waals surface area contributed by atoms with Crippen molar-refractivity contribution < 1.29 is 9.53 Å². The molecule has 0 aromatic carbocycles. The molecule has 4 rings (SSSR count). The average molecular weight is 329 g/mol. The van der Waals surface area contributed by atoms with E-state index >= 15 is 0 Å². The average Bonchev–Trinajstić information content (AvgIpc) is 3.30. The van der Waals surface area contributed by atoms with Crippen LogP contribution in [-0.2, 0) is 16.8 Å². The molecule has 23 heavy (non-hydrogen) atoms. The van der Waals surface area contributed by atoms with Crippen LogP contribution in [0.15, 0.2) is 24.0 Å². The van der Waals surface area contributed by atoms with E-state index < -0.39 is 5.60 Å². The van der Waals surface area contributed by atoms with Crippen molar-refractivity contribution in [3.63, 3.8) is 0 Å². The third-order valence-electron chi connectivity index (χ3n) is 4.60. The van der Waals surface area contributed by atoms with Crippen molar-refractivity contribution in [2.24, 2.45) is 0 Å².